The van der Waals surface area contributed by atoms with E-state index in [0.717, 1.165) is 31.4 Å². The first-order chi connectivity index (χ1) is 8.67. The molecule has 0 saturated heterocycles. The van der Waals surface area contributed by atoms with Crippen molar-refractivity contribution in [1.82, 2.24) is 0 Å². The first-order valence-corrected chi connectivity index (χ1v) is 6.52. The summed E-state index contributed by atoms with van der Waals surface area (Å²) in [5, 5.41) is 0. The summed E-state index contributed by atoms with van der Waals surface area (Å²) in [7, 11) is 1.42. The smallest absolute Gasteiger partial charge is 0.309 e. The molecule has 0 N–H and O–H groups in total. The molecule has 0 spiro atoms. The van der Waals surface area contributed by atoms with Gasteiger partial charge in [0.2, 0.25) is 0 Å². The summed E-state index contributed by atoms with van der Waals surface area (Å²) in [6.07, 6.45) is 4.31. The molecule has 1 aliphatic carbocycles. The summed E-state index contributed by atoms with van der Waals surface area (Å²) in [4.78, 5) is 11.4. The summed E-state index contributed by atoms with van der Waals surface area (Å²) in [5.41, 5.74) is 0.916. The van der Waals surface area contributed by atoms with Gasteiger partial charge in [-0.2, -0.15) is 0 Å². The molecule has 0 heterocycles. The Kier molecular flexibility index (Phi) is 3.90. The Bertz CT molecular complexity index is 422. The number of rotatable bonds is 5. The van der Waals surface area contributed by atoms with Crippen LogP contribution in [0.3, 0.4) is 0 Å². The Hall–Kier alpha value is -1.51. The standard InChI is InChI=1S/C15H20O3/c1-3-12-6-4-7-13(10-12)18-15(8-5-9-15)11-14(16)17-2/h4,6-7,10H,3,5,8-9,11H2,1-2H3. The minimum Gasteiger partial charge on any atom is -0.487 e. The van der Waals surface area contributed by atoms with Gasteiger partial charge in [-0.25, -0.2) is 0 Å². The van der Waals surface area contributed by atoms with Crippen LogP contribution in [0.4, 0.5) is 0 Å². The molecule has 2 rings (SSSR count). The van der Waals surface area contributed by atoms with Crippen LogP contribution in [0.15, 0.2) is 24.3 Å². The van der Waals surface area contributed by atoms with Crippen LogP contribution in [0.25, 0.3) is 0 Å². The first kappa shape index (κ1) is 12.9. The second-order valence-corrected chi connectivity index (χ2v) is 4.89. The maximum absolute atomic E-state index is 11.4. The third kappa shape index (κ3) is 2.84. The Balaban J connectivity index is 2.07. The molecule has 3 heteroatoms. The highest BCUT2D eigenvalue weighted by Gasteiger charge is 2.41. The number of carbonyl (C=O) groups excluding carboxylic acids is 1. The van der Waals surface area contributed by atoms with Crippen molar-refractivity contribution in [2.45, 2.75) is 44.6 Å². The number of benzene rings is 1. The first-order valence-electron chi connectivity index (χ1n) is 6.52. The number of aryl methyl sites for hydroxylation is 1. The van der Waals surface area contributed by atoms with Crippen molar-refractivity contribution in [2.75, 3.05) is 7.11 Å². The second kappa shape index (κ2) is 5.42. The van der Waals surface area contributed by atoms with Gasteiger partial charge in [0.25, 0.3) is 0 Å². The van der Waals surface area contributed by atoms with Gasteiger partial charge in [0.1, 0.15) is 11.4 Å². The van der Waals surface area contributed by atoms with Crippen LogP contribution in [-0.2, 0) is 16.0 Å². The number of methoxy groups -OCH3 is 1. The lowest BCUT2D eigenvalue weighted by Gasteiger charge is -2.41. The van der Waals surface area contributed by atoms with Crippen molar-refractivity contribution < 1.29 is 14.3 Å². The van der Waals surface area contributed by atoms with Gasteiger partial charge in [0, 0.05) is 0 Å². The van der Waals surface area contributed by atoms with Crippen LogP contribution in [0.5, 0.6) is 5.75 Å². The van der Waals surface area contributed by atoms with Crippen LogP contribution < -0.4 is 4.74 Å². The maximum Gasteiger partial charge on any atom is 0.309 e. The molecule has 0 radical (unpaired) electrons. The van der Waals surface area contributed by atoms with Gasteiger partial charge in [-0.3, -0.25) is 4.79 Å². The minimum absolute atomic E-state index is 0.193. The molecule has 3 nitrogen and oxygen atoms in total. The van der Waals surface area contributed by atoms with Gasteiger partial charge in [-0.05, 0) is 43.4 Å². The summed E-state index contributed by atoms with van der Waals surface area (Å²) in [6.45, 7) is 2.12. The average Bonchev–Trinajstić information content (AvgIpc) is 2.36. The lowest BCUT2D eigenvalue weighted by molar-refractivity contribution is -0.148. The van der Waals surface area contributed by atoms with Gasteiger partial charge in [0.15, 0.2) is 0 Å². The average molecular weight is 248 g/mol. The van der Waals surface area contributed by atoms with Crippen molar-refractivity contribution in [3.05, 3.63) is 29.8 Å². The third-order valence-electron chi connectivity index (χ3n) is 3.60. The van der Waals surface area contributed by atoms with Crippen molar-refractivity contribution >= 4 is 5.97 Å². The van der Waals surface area contributed by atoms with E-state index in [9.17, 15) is 4.79 Å². The Morgan fingerprint density at radius 2 is 2.17 bits per heavy atom. The van der Waals surface area contributed by atoms with E-state index in [1.807, 2.05) is 12.1 Å². The van der Waals surface area contributed by atoms with E-state index >= 15 is 0 Å². The Morgan fingerprint density at radius 1 is 1.39 bits per heavy atom. The predicted molar refractivity (Wildman–Crippen MR) is 69.7 cm³/mol. The van der Waals surface area contributed by atoms with E-state index in [-0.39, 0.29) is 11.6 Å². The third-order valence-corrected chi connectivity index (χ3v) is 3.60. The lowest BCUT2D eigenvalue weighted by atomic mass is 9.77. The van der Waals surface area contributed by atoms with Gasteiger partial charge in [-0.15, -0.1) is 0 Å². The van der Waals surface area contributed by atoms with E-state index in [2.05, 4.69) is 19.1 Å². The van der Waals surface area contributed by atoms with E-state index in [1.54, 1.807) is 0 Å². The zero-order valence-electron chi connectivity index (χ0n) is 11.1. The van der Waals surface area contributed by atoms with Gasteiger partial charge >= 0.3 is 5.97 Å². The van der Waals surface area contributed by atoms with Gasteiger partial charge in [0.05, 0.1) is 13.5 Å². The van der Waals surface area contributed by atoms with E-state index < -0.39 is 0 Å². The van der Waals surface area contributed by atoms with E-state index in [4.69, 9.17) is 9.47 Å². The zero-order chi connectivity index (χ0) is 13.0. The van der Waals surface area contributed by atoms with Crippen LogP contribution >= 0.6 is 0 Å². The highest BCUT2D eigenvalue weighted by Crippen LogP contribution is 2.39. The second-order valence-electron chi connectivity index (χ2n) is 4.89. The quantitative estimate of drug-likeness (QED) is 0.751. The summed E-state index contributed by atoms with van der Waals surface area (Å²) < 4.78 is 10.8. The summed E-state index contributed by atoms with van der Waals surface area (Å²) in [5.74, 6) is 0.666. The molecular weight excluding hydrogens is 228 g/mol. The number of esters is 1. The fourth-order valence-electron chi connectivity index (χ4n) is 2.30. The minimum atomic E-state index is -0.334. The molecule has 0 aromatic heterocycles. The molecule has 98 valence electrons. The fourth-order valence-corrected chi connectivity index (χ4v) is 2.30. The van der Waals surface area contributed by atoms with Crippen molar-refractivity contribution in [1.29, 1.82) is 0 Å². The number of ether oxygens (including phenoxy) is 2. The van der Waals surface area contributed by atoms with E-state index in [0.29, 0.717) is 6.42 Å². The molecule has 1 aliphatic rings. The molecule has 0 atom stereocenters. The summed E-state index contributed by atoms with van der Waals surface area (Å²) >= 11 is 0. The van der Waals surface area contributed by atoms with Crippen molar-refractivity contribution in [2.24, 2.45) is 0 Å². The monoisotopic (exact) mass is 248 g/mol. The molecule has 1 fully saturated rings. The molecule has 0 bridgehead atoms. The van der Waals surface area contributed by atoms with Crippen LogP contribution in [0, 0.1) is 0 Å². The van der Waals surface area contributed by atoms with E-state index in [1.165, 1.54) is 12.7 Å². The lowest BCUT2D eigenvalue weighted by Crippen LogP contribution is -2.45. The summed E-state index contributed by atoms with van der Waals surface area (Å²) in [6, 6.07) is 8.09. The van der Waals surface area contributed by atoms with Gasteiger partial charge < -0.3 is 9.47 Å². The molecule has 0 amide bonds. The highest BCUT2D eigenvalue weighted by molar-refractivity contribution is 5.70. The molecule has 1 aromatic carbocycles. The molecule has 18 heavy (non-hydrogen) atoms. The maximum atomic E-state index is 11.4. The largest absolute Gasteiger partial charge is 0.487 e. The fraction of sp³-hybridized carbons (Fsp3) is 0.533. The number of hydrogen-bond donors (Lipinski definition) is 0. The topological polar surface area (TPSA) is 35.5 Å². The van der Waals surface area contributed by atoms with Gasteiger partial charge in [-0.1, -0.05) is 19.1 Å². The zero-order valence-corrected chi connectivity index (χ0v) is 11.1. The van der Waals surface area contributed by atoms with Crippen LogP contribution in [-0.4, -0.2) is 18.7 Å². The highest BCUT2D eigenvalue weighted by atomic mass is 16.5. The number of carbonyl (C=O) groups is 1. The Morgan fingerprint density at radius 3 is 2.72 bits per heavy atom. The SMILES string of the molecule is CCc1cccc(OC2(CC(=O)OC)CCC2)c1. The number of hydrogen-bond acceptors (Lipinski definition) is 3. The van der Waals surface area contributed by atoms with Crippen LogP contribution in [0.1, 0.15) is 38.2 Å². The molecule has 0 aliphatic heterocycles. The predicted octanol–water partition coefficient (Wildman–Crippen LogP) is 3.11. The molecule has 1 aromatic rings. The molecule has 0 unspecified atom stereocenters. The Labute approximate surface area is 108 Å². The van der Waals surface area contributed by atoms with Crippen LogP contribution in [0.2, 0.25) is 0 Å². The molecule has 1 saturated carbocycles. The van der Waals surface area contributed by atoms with Crippen molar-refractivity contribution in [3.63, 3.8) is 0 Å². The van der Waals surface area contributed by atoms with Crippen molar-refractivity contribution in [3.8, 4) is 5.75 Å². The normalized spacial score (nSPS) is 16.8. The molecular formula is C15H20O3.